The Kier molecular flexibility index (Phi) is 2.09. The number of likely N-dealkylation sites (tertiary alicyclic amines) is 1. The average molecular weight is 205 g/mol. The summed E-state index contributed by atoms with van der Waals surface area (Å²) in [7, 11) is 2.03. The van der Waals surface area contributed by atoms with E-state index in [0.29, 0.717) is 0 Å². The van der Waals surface area contributed by atoms with Crippen LogP contribution in [0.25, 0.3) is 0 Å². The van der Waals surface area contributed by atoms with Crippen LogP contribution in [-0.2, 0) is 13.6 Å². The Morgan fingerprint density at radius 2 is 2.27 bits per heavy atom. The van der Waals surface area contributed by atoms with E-state index < -0.39 is 0 Å². The van der Waals surface area contributed by atoms with Crippen molar-refractivity contribution >= 4 is 0 Å². The van der Waals surface area contributed by atoms with Gasteiger partial charge in [0.05, 0.1) is 5.69 Å². The summed E-state index contributed by atoms with van der Waals surface area (Å²) in [6.45, 7) is 3.68. The molecule has 1 saturated carbocycles. The van der Waals surface area contributed by atoms with E-state index in [0.717, 1.165) is 12.0 Å². The zero-order valence-electron chi connectivity index (χ0n) is 9.45. The fraction of sp³-hybridized carbons (Fsp3) is 0.750. The molecule has 15 heavy (non-hydrogen) atoms. The summed E-state index contributed by atoms with van der Waals surface area (Å²) in [6.07, 6.45) is 7.71. The van der Waals surface area contributed by atoms with Gasteiger partial charge in [-0.3, -0.25) is 9.58 Å². The van der Waals surface area contributed by atoms with E-state index in [1.54, 1.807) is 0 Å². The van der Waals surface area contributed by atoms with Crippen LogP contribution in [0.3, 0.4) is 0 Å². The van der Waals surface area contributed by atoms with Gasteiger partial charge in [-0.05, 0) is 37.3 Å². The molecule has 1 saturated heterocycles. The van der Waals surface area contributed by atoms with E-state index in [4.69, 9.17) is 0 Å². The standard InChI is InChI=1S/C12H19N3/c1-14-11(3-7-13-14)9-15-8-6-12(10-15)4-2-5-12/h3,7H,2,4-6,8-10H2,1H3. The van der Waals surface area contributed by atoms with Gasteiger partial charge in [-0.25, -0.2) is 0 Å². The Bertz CT molecular complexity index is 352. The Morgan fingerprint density at radius 3 is 2.80 bits per heavy atom. The number of hydrogen-bond donors (Lipinski definition) is 0. The molecule has 2 fully saturated rings. The lowest BCUT2D eigenvalue weighted by Crippen LogP contribution is -2.33. The van der Waals surface area contributed by atoms with Crippen LogP contribution in [0.5, 0.6) is 0 Å². The van der Waals surface area contributed by atoms with Gasteiger partial charge in [-0.15, -0.1) is 0 Å². The summed E-state index contributed by atoms with van der Waals surface area (Å²) in [5.74, 6) is 0. The smallest absolute Gasteiger partial charge is 0.0521 e. The highest BCUT2D eigenvalue weighted by Gasteiger charge is 2.42. The third kappa shape index (κ3) is 1.59. The summed E-state index contributed by atoms with van der Waals surface area (Å²) in [5.41, 5.74) is 2.06. The van der Waals surface area contributed by atoms with Crippen molar-refractivity contribution < 1.29 is 0 Å². The highest BCUT2D eigenvalue weighted by Crippen LogP contribution is 2.48. The Hall–Kier alpha value is -0.830. The van der Waals surface area contributed by atoms with Crippen LogP contribution >= 0.6 is 0 Å². The summed E-state index contributed by atoms with van der Waals surface area (Å²) in [4.78, 5) is 2.59. The quantitative estimate of drug-likeness (QED) is 0.734. The lowest BCUT2D eigenvalue weighted by atomic mass is 9.68. The lowest BCUT2D eigenvalue weighted by Gasteiger charge is -2.38. The molecule has 0 bridgehead atoms. The van der Waals surface area contributed by atoms with Crippen LogP contribution < -0.4 is 0 Å². The first-order valence-electron chi connectivity index (χ1n) is 5.97. The van der Waals surface area contributed by atoms with E-state index in [1.807, 2.05) is 17.9 Å². The Labute approximate surface area is 91.1 Å². The zero-order chi connectivity index (χ0) is 10.3. The van der Waals surface area contributed by atoms with E-state index in [2.05, 4.69) is 16.1 Å². The van der Waals surface area contributed by atoms with Gasteiger partial charge in [-0.1, -0.05) is 6.42 Å². The first-order chi connectivity index (χ1) is 7.27. The van der Waals surface area contributed by atoms with Crippen LogP contribution in [0, 0.1) is 5.41 Å². The molecule has 0 N–H and O–H groups in total. The molecule has 2 aliphatic rings. The average Bonchev–Trinajstić information content (AvgIpc) is 2.74. The van der Waals surface area contributed by atoms with Crippen molar-refractivity contribution in [1.29, 1.82) is 0 Å². The molecule has 1 spiro atoms. The molecule has 0 radical (unpaired) electrons. The number of hydrogen-bond acceptors (Lipinski definition) is 2. The number of aromatic nitrogens is 2. The number of aryl methyl sites for hydroxylation is 1. The molecule has 1 aromatic rings. The normalized spacial score (nSPS) is 24.6. The fourth-order valence-corrected chi connectivity index (χ4v) is 3.03. The molecule has 3 nitrogen and oxygen atoms in total. The minimum Gasteiger partial charge on any atom is -0.297 e. The van der Waals surface area contributed by atoms with Gasteiger partial charge in [0, 0.05) is 26.3 Å². The van der Waals surface area contributed by atoms with Gasteiger partial charge in [0.2, 0.25) is 0 Å². The number of rotatable bonds is 2. The molecule has 0 aromatic carbocycles. The predicted octanol–water partition coefficient (Wildman–Crippen LogP) is 1.80. The minimum absolute atomic E-state index is 0.721. The third-order valence-corrected chi connectivity index (χ3v) is 4.24. The number of nitrogens with zero attached hydrogens (tertiary/aromatic N) is 3. The topological polar surface area (TPSA) is 21.1 Å². The first-order valence-corrected chi connectivity index (χ1v) is 5.97. The van der Waals surface area contributed by atoms with Gasteiger partial charge in [0.15, 0.2) is 0 Å². The fourth-order valence-electron chi connectivity index (χ4n) is 3.03. The van der Waals surface area contributed by atoms with Crippen molar-refractivity contribution in [2.45, 2.75) is 32.2 Å². The first kappa shape index (κ1) is 9.40. The maximum absolute atomic E-state index is 4.22. The van der Waals surface area contributed by atoms with Crippen molar-refractivity contribution in [3.05, 3.63) is 18.0 Å². The summed E-state index contributed by atoms with van der Waals surface area (Å²) in [6, 6.07) is 2.13. The molecule has 82 valence electrons. The van der Waals surface area contributed by atoms with Crippen LogP contribution in [0.2, 0.25) is 0 Å². The maximum atomic E-state index is 4.22. The molecule has 1 aliphatic heterocycles. The van der Waals surface area contributed by atoms with Crippen LogP contribution in [0.15, 0.2) is 12.3 Å². The second-order valence-electron chi connectivity index (χ2n) is 5.26. The lowest BCUT2D eigenvalue weighted by molar-refractivity contribution is 0.136. The molecule has 0 amide bonds. The van der Waals surface area contributed by atoms with E-state index in [1.165, 1.54) is 44.5 Å². The van der Waals surface area contributed by atoms with Crippen molar-refractivity contribution in [3.8, 4) is 0 Å². The Balaban J connectivity index is 1.63. The van der Waals surface area contributed by atoms with Gasteiger partial charge in [-0.2, -0.15) is 5.10 Å². The van der Waals surface area contributed by atoms with E-state index in [-0.39, 0.29) is 0 Å². The van der Waals surface area contributed by atoms with Gasteiger partial charge in [0.25, 0.3) is 0 Å². The maximum Gasteiger partial charge on any atom is 0.0521 e. The van der Waals surface area contributed by atoms with Crippen LogP contribution in [0.1, 0.15) is 31.4 Å². The highest BCUT2D eigenvalue weighted by molar-refractivity contribution is 5.02. The van der Waals surface area contributed by atoms with Gasteiger partial charge in [0.1, 0.15) is 0 Å². The van der Waals surface area contributed by atoms with Gasteiger partial charge < -0.3 is 0 Å². The molecule has 3 heteroatoms. The molecular formula is C12H19N3. The van der Waals surface area contributed by atoms with E-state index >= 15 is 0 Å². The zero-order valence-corrected chi connectivity index (χ0v) is 9.45. The summed E-state index contributed by atoms with van der Waals surface area (Å²) in [5, 5.41) is 4.22. The van der Waals surface area contributed by atoms with Crippen molar-refractivity contribution in [3.63, 3.8) is 0 Å². The minimum atomic E-state index is 0.721. The summed E-state index contributed by atoms with van der Waals surface area (Å²) >= 11 is 0. The molecule has 1 aromatic heterocycles. The van der Waals surface area contributed by atoms with Crippen LogP contribution in [0.4, 0.5) is 0 Å². The molecular weight excluding hydrogens is 186 g/mol. The monoisotopic (exact) mass is 205 g/mol. The second kappa shape index (κ2) is 3.34. The van der Waals surface area contributed by atoms with Crippen molar-refractivity contribution in [1.82, 2.24) is 14.7 Å². The molecule has 2 heterocycles. The largest absolute Gasteiger partial charge is 0.297 e. The highest BCUT2D eigenvalue weighted by atomic mass is 15.3. The summed E-state index contributed by atoms with van der Waals surface area (Å²) < 4.78 is 1.99. The molecule has 1 aliphatic carbocycles. The van der Waals surface area contributed by atoms with E-state index in [9.17, 15) is 0 Å². The van der Waals surface area contributed by atoms with Crippen LogP contribution in [-0.4, -0.2) is 27.8 Å². The Morgan fingerprint density at radius 1 is 1.40 bits per heavy atom. The van der Waals surface area contributed by atoms with Crippen molar-refractivity contribution in [2.75, 3.05) is 13.1 Å². The molecule has 0 atom stereocenters. The van der Waals surface area contributed by atoms with Gasteiger partial charge >= 0.3 is 0 Å². The third-order valence-electron chi connectivity index (χ3n) is 4.24. The predicted molar refractivity (Wildman–Crippen MR) is 59.4 cm³/mol. The SMILES string of the molecule is Cn1nccc1CN1CCC2(CCC2)C1. The van der Waals surface area contributed by atoms with Crippen molar-refractivity contribution in [2.24, 2.45) is 12.5 Å². The molecule has 0 unspecified atom stereocenters. The second-order valence-corrected chi connectivity index (χ2v) is 5.26. The molecule has 3 rings (SSSR count).